The molecule has 1 unspecified atom stereocenters. The molecule has 1 aliphatic rings. The topological polar surface area (TPSA) is 115 Å². The number of rotatable bonds is 3. The standard InChI is InChI=1S/C14H15BrClNO6/c15-6-1-2-7-5(10(6)16)3-9(17-7)23-14-13(21)12(20)11(19)8(4-18)22-14/h1-3,8,11-14,17-21H,4H2/t8-,11-,12+,13-,14?/m1/s1. The molecule has 5 N–H and O–H groups in total. The van der Waals surface area contributed by atoms with Crippen molar-refractivity contribution in [3.63, 3.8) is 0 Å². The first-order valence-electron chi connectivity index (χ1n) is 6.86. The summed E-state index contributed by atoms with van der Waals surface area (Å²) in [6, 6.07) is 5.20. The van der Waals surface area contributed by atoms with Crippen molar-refractivity contribution in [2.45, 2.75) is 30.7 Å². The van der Waals surface area contributed by atoms with Crippen LogP contribution < -0.4 is 4.74 Å². The van der Waals surface area contributed by atoms with Crippen molar-refractivity contribution in [2.24, 2.45) is 0 Å². The monoisotopic (exact) mass is 407 g/mol. The molecule has 9 heteroatoms. The van der Waals surface area contributed by atoms with Crippen molar-refractivity contribution in [3.05, 3.63) is 27.7 Å². The van der Waals surface area contributed by atoms with E-state index in [1.807, 2.05) is 0 Å². The Kier molecular flexibility index (Phi) is 4.84. The predicted molar refractivity (Wildman–Crippen MR) is 85.4 cm³/mol. The van der Waals surface area contributed by atoms with Crippen LogP contribution >= 0.6 is 27.5 Å². The lowest BCUT2D eigenvalue weighted by Gasteiger charge is -2.39. The molecule has 1 aromatic carbocycles. The van der Waals surface area contributed by atoms with Crippen molar-refractivity contribution < 1.29 is 29.9 Å². The van der Waals surface area contributed by atoms with E-state index in [-0.39, 0.29) is 5.88 Å². The van der Waals surface area contributed by atoms with Crippen LogP contribution in [0.3, 0.4) is 0 Å². The van der Waals surface area contributed by atoms with Crippen molar-refractivity contribution in [1.82, 2.24) is 4.98 Å². The second-order valence-corrected chi connectivity index (χ2v) is 6.50. The number of H-pyrrole nitrogens is 1. The second-order valence-electron chi connectivity index (χ2n) is 5.27. The minimum Gasteiger partial charge on any atom is -0.447 e. The van der Waals surface area contributed by atoms with Crippen molar-refractivity contribution in [2.75, 3.05) is 6.61 Å². The van der Waals surface area contributed by atoms with Crippen LogP contribution in [0.4, 0.5) is 0 Å². The highest BCUT2D eigenvalue weighted by molar-refractivity contribution is 9.10. The number of hydrogen-bond donors (Lipinski definition) is 5. The number of fused-ring (bicyclic) bond motifs is 1. The van der Waals surface area contributed by atoms with Crippen LogP contribution in [0, 0.1) is 0 Å². The molecule has 1 aromatic heterocycles. The lowest BCUT2D eigenvalue weighted by Crippen LogP contribution is -2.60. The molecule has 0 bridgehead atoms. The minimum atomic E-state index is -1.49. The third-order valence-electron chi connectivity index (χ3n) is 3.76. The van der Waals surface area contributed by atoms with Gasteiger partial charge in [0.25, 0.3) is 0 Å². The smallest absolute Gasteiger partial charge is 0.230 e. The number of hydrogen-bond acceptors (Lipinski definition) is 6. The van der Waals surface area contributed by atoms with Gasteiger partial charge in [0, 0.05) is 21.4 Å². The molecule has 126 valence electrons. The van der Waals surface area contributed by atoms with E-state index in [0.717, 1.165) is 9.99 Å². The highest BCUT2D eigenvalue weighted by Gasteiger charge is 2.44. The molecule has 1 aliphatic heterocycles. The molecule has 5 atom stereocenters. The molecular weight excluding hydrogens is 394 g/mol. The number of aromatic nitrogens is 1. The van der Waals surface area contributed by atoms with Crippen LogP contribution in [0.5, 0.6) is 5.88 Å². The van der Waals surface area contributed by atoms with E-state index in [9.17, 15) is 15.3 Å². The molecule has 3 rings (SSSR count). The molecule has 2 aromatic rings. The van der Waals surface area contributed by atoms with Crippen LogP contribution in [0.1, 0.15) is 0 Å². The van der Waals surface area contributed by atoms with Gasteiger partial charge in [-0.25, -0.2) is 0 Å². The van der Waals surface area contributed by atoms with Crippen LogP contribution in [-0.2, 0) is 4.74 Å². The van der Waals surface area contributed by atoms with Crippen LogP contribution in [0.25, 0.3) is 10.9 Å². The predicted octanol–water partition coefficient (Wildman–Crippen LogP) is 0.762. The number of ether oxygens (including phenoxy) is 2. The van der Waals surface area contributed by atoms with Gasteiger partial charge in [-0.2, -0.15) is 0 Å². The molecule has 23 heavy (non-hydrogen) atoms. The van der Waals surface area contributed by atoms with E-state index in [0.29, 0.717) is 10.4 Å². The molecule has 1 saturated heterocycles. The van der Waals surface area contributed by atoms with Gasteiger partial charge in [0.1, 0.15) is 24.4 Å². The molecule has 1 fully saturated rings. The van der Waals surface area contributed by atoms with Crippen molar-refractivity contribution >= 4 is 38.4 Å². The van der Waals surface area contributed by atoms with Gasteiger partial charge in [-0.3, -0.25) is 0 Å². The molecule has 0 aliphatic carbocycles. The largest absolute Gasteiger partial charge is 0.447 e. The summed E-state index contributed by atoms with van der Waals surface area (Å²) in [6.45, 7) is -0.518. The molecule has 2 heterocycles. The molecular formula is C14H15BrClNO6. The Bertz CT molecular complexity index is 708. The Morgan fingerprint density at radius 2 is 1.96 bits per heavy atom. The molecule has 0 amide bonds. The first-order valence-corrected chi connectivity index (χ1v) is 8.03. The maximum Gasteiger partial charge on any atom is 0.230 e. The SMILES string of the molecule is OC[C@H]1OC(Oc2cc3c(Cl)c(Br)ccc3[nH]2)[C@H](O)[C@@H](O)[C@@H]1O. The molecule has 0 saturated carbocycles. The molecule has 0 radical (unpaired) electrons. The Morgan fingerprint density at radius 1 is 1.22 bits per heavy atom. The fraction of sp³-hybridized carbons (Fsp3) is 0.429. The van der Waals surface area contributed by atoms with E-state index in [4.69, 9.17) is 26.2 Å². The highest BCUT2D eigenvalue weighted by Crippen LogP contribution is 2.34. The summed E-state index contributed by atoms with van der Waals surface area (Å²) in [7, 11) is 0. The van der Waals surface area contributed by atoms with Gasteiger partial charge in [0.2, 0.25) is 6.29 Å². The lowest BCUT2D eigenvalue weighted by molar-refractivity contribution is -0.278. The number of benzene rings is 1. The zero-order chi connectivity index (χ0) is 16.7. The van der Waals surface area contributed by atoms with E-state index in [2.05, 4.69) is 20.9 Å². The summed E-state index contributed by atoms with van der Waals surface area (Å²) in [4.78, 5) is 2.97. The highest BCUT2D eigenvalue weighted by atomic mass is 79.9. The zero-order valence-electron chi connectivity index (χ0n) is 11.7. The summed E-state index contributed by atoms with van der Waals surface area (Å²) in [6.07, 6.45) is -6.67. The first-order chi connectivity index (χ1) is 10.9. The van der Waals surface area contributed by atoms with Gasteiger partial charge in [0.15, 0.2) is 5.88 Å². The summed E-state index contributed by atoms with van der Waals surface area (Å²) in [5, 5.41) is 39.8. The van der Waals surface area contributed by atoms with Crippen molar-refractivity contribution in [1.29, 1.82) is 0 Å². The number of nitrogens with one attached hydrogen (secondary N) is 1. The Balaban J connectivity index is 1.85. The minimum absolute atomic E-state index is 0.268. The van der Waals surface area contributed by atoms with E-state index in [1.54, 1.807) is 18.2 Å². The van der Waals surface area contributed by atoms with Gasteiger partial charge in [-0.05, 0) is 28.1 Å². The third kappa shape index (κ3) is 3.08. The third-order valence-corrected chi connectivity index (χ3v) is 5.05. The van der Waals surface area contributed by atoms with Crippen molar-refractivity contribution in [3.8, 4) is 5.88 Å². The Hall–Kier alpha value is -0.870. The summed E-state index contributed by atoms with van der Waals surface area (Å²) < 4.78 is 11.5. The van der Waals surface area contributed by atoms with Gasteiger partial charge < -0.3 is 34.9 Å². The molecule has 7 nitrogen and oxygen atoms in total. The van der Waals surface area contributed by atoms with Crippen LogP contribution in [-0.4, -0.2) is 62.7 Å². The van der Waals surface area contributed by atoms with Gasteiger partial charge in [0.05, 0.1) is 11.6 Å². The van der Waals surface area contributed by atoms with E-state index >= 15 is 0 Å². The summed E-state index contributed by atoms with van der Waals surface area (Å²) in [5.41, 5.74) is 0.720. The summed E-state index contributed by atoms with van der Waals surface area (Å²) >= 11 is 9.51. The second kappa shape index (κ2) is 6.56. The maximum absolute atomic E-state index is 9.97. The average Bonchev–Trinajstić information content (AvgIpc) is 2.95. The maximum atomic E-state index is 9.97. The number of aliphatic hydroxyl groups excluding tert-OH is 4. The fourth-order valence-electron chi connectivity index (χ4n) is 2.47. The van der Waals surface area contributed by atoms with Gasteiger partial charge in [-0.15, -0.1) is 0 Å². The van der Waals surface area contributed by atoms with Crippen LogP contribution in [0.2, 0.25) is 5.02 Å². The Morgan fingerprint density at radius 3 is 2.65 bits per heavy atom. The Labute approximate surface area is 144 Å². The zero-order valence-corrected chi connectivity index (χ0v) is 14.0. The number of aromatic amines is 1. The average molecular weight is 409 g/mol. The molecule has 0 spiro atoms. The van der Waals surface area contributed by atoms with Crippen LogP contribution in [0.15, 0.2) is 22.7 Å². The van der Waals surface area contributed by atoms with Gasteiger partial charge in [-0.1, -0.05) is 11.6 Å². The van der Waals surface area contributed by atoms with Gasteiger partial charge >= 0.3 is 0 Å². The lowest BCUT2D eigenvalue weighted by atomic mass is 9.99. The summed E-state index contributed by atoms with van der Waals surface area (Å²) in [5.74, 6) is 0.268. The fourth-order valence-corrected chi connectivity index (χ4v) is 3.03. The number of aliphatic hydroxyl groups is 4. The van der Waals surface area contributed by atoms with E-state index < -0.39 is 37.3 Å². The normalized spacial score (nSPS) is 31.5. The quantitative estimate of drug-likeness (QED) is 0.512. The first kappa shape index (κ1) is 17.0. The number of halogens is 2. The van der Waals surface area contributed by atoms with E-state index in [1.165, 1.54) is 0 Å².